The molecule has 0 aliphatic heterocycles. The summed E-state index contributed by atoms with van der Waals surface area (Å²) in [6.07, 6.45) is -0.0613. The zero-order valence-electron chi connectivity index (χ0n) is 19.9. The molecule has 9 heteroatoms. The Morgan fingerprint density at radius 1 is 0.895 bits per heavy atom. The van der Waals surface area contributed by atoms with Gasteiger partial charge < -0.3 is 10.4 Å². The Balaban J connectivity index is 1.41. The van der Waals surface area contributed by atoms with Gasteiger partial charge in [0.15, 0.2) is 11.6 Å². The van der Waals surface area contributed by atoms with Gasteiger partial charge in [0, 0.05) is 27.8 Å². The minimum absolute atomic E-state index is 0.0613. The largest absolute Gasteiger partial charge is 0.481 e. The Morgan fingerprint density at radius 2 is 1.53 bits per heavy atom. The highest BCUT2D eigenvalue weighted by Crippen LogP contribution is 2.60. The minimum atomic E-state index is -1.85. The van der Waals surface area contributed by atoms with E-state index in [4.69, 9.17) is 0 Å². The van der Waals surface area contributed by atoms with E-state index in [1.807, 2.05) is 6.07 Å². The van der Waals surface area contributed by atoms with Crippen molar-refractivity contribution in [3.8, 4) is 11.3 Å². The maximum atomic E-state index is 13.8. The highest BCUT2D eigenvalue weighted by atomic mass is 32.1. The predicted octanol–water partition coefficient (Wildman–Crippen LogP) is 4.71. The number of carbonyl (C=O) groups excluding carboxylic acids is 3. The molecule has 0 saturated heterocycles. The molecule has 1 saturated carbocycles. The van der Waals surface area contributed by atoms with Crippen LogP contribution in [0.2, 0.25) is 0 Å². The molecule has 3 aromatic carbocycles. The van der Waals surface area contributed by atoms with Gasteiger partial charge in [-0.3, -0.25) is 19.2 Å². The first-order valence-electron chi connectivity index (χ1n) is 12.1. The average Bonchev–Trinajstić information content (AvgIpc) is 3.65. The van der Waals surface area contributed by atoms with Gasteiger partial charge in [0.1, 0.15) is 11.1 Å². The number of rotatable bonds is 5. The lowest BCUT2D eigenvalue weighted by atomic mass is 9.71. The molecule has 188 valence electrons. The van der Waals surface area contributed by atoms with Gasteiger partial charge in [0.2, 0.25) is 5.91 Å². The monoisotopic (exact) mass is 523 g/mol. The van der Waals surface area contributed by atoms with E-state index in [0.717, 1.165) is 5.56 Å². The Hall–Kier alpha value is -4.50. The fourth-order valence-electron chi connectivity index (χ4n) is 6.03. The van der Waals surface area contributed by atoms with Gasteiger partial charge in [-0.15, -0.1) is 5.10 Å². The van der Waals surface area contributed by atoms with Crippen LogP contribution in [0.1, 0.15) is 38.6 Å². The van der Waals surface area contributed by atoms with Crippen molar-refractivity contribution in [1.29, 1.82) is 0 Å². The minimum Gasteiger partial charge on any atom is -0.481 e. The van der Waals surface area contributed by atoms with E-state index in [1.165, 1.54) is 11.5 Å². The summed E-state index contributed by atoms with van der Waals surface area (Å²) in [5.74, 6) is -6.28. The third-order valence-electron chi connectivity index (χ3n) is 7.70. The van der Waals surface area contributed by atoms with Gasteiger partial charge in [-0.25, -0.2) is 0 Å². The molecule has 2 N–H and O–H groups in total. The van der Waals surface area contributed by atoms with Gasteiger partial charge in [0.05, 0.1) is 11.8 Å². The summed E-state index contributed by atoms with van der Waals surface area (Å²) in [6, 6.07) is 22.4. The lowest BCUT2D eigenvalue weighted by molar-refractivity contribution is -0.147. The van der Waals surface area contributed by atoms with Crippen molar-refractivity contribution in [2.24, 2.45) is 17.3 Å². The molecule has 0 unspecified atom stereocenters. The molecule has 8 nitrogen and oxygen atoms in total. The fraction of sp³-hybridized carbons (Fsp3) is 0.172. The van der Waals surface area contributed by atoms with Crippen molar-refractivity contribution in [2.45, 2.75) is 12.3 Å². The summed E-state index contributed by atoms with van der Waals surface area (Å²) in [4.78, 5) is 54.2. The molecule has 1 amide bonds. The summed E-state index contributed by atoms with van der Waals surface area (Å²) in [6.45, 7) is 0. The van der Waals surface area contributed by atoms with E-state index in [2.05, 4.69) is 14.9 Å². The van der Waals surface area contributed by atoms with Crippen LogP contribution >= 0.6 is 11.5 Å². The van der Waals surface area contributed by atoms with Crippen LogP contribution in [0.15, 0.2) is 84.2 Å². The van der Waals surface area contributed by atoms with Crippen molar-refractivity contribution in [2.75, 3.05) is 5.32 Å². The molecule has 38 heavy (non-hydrogen) atoms. The third-order valence-corrected chi connectivity index (χ3v) is 8.20. The second-order valence-electron chi connectivity index (χ2n) is 9.59. The highest BCUT2D eigenvalue weighted by molar-refractivity contribution is 7.03. The van der Waals surface area contributed by atoms with Crippen molar-refractivity contribution >= 4 is 40.7 Å². The first-order valence-corrected chi connectivity index (χ1v) is 12.9. The number of carbonyl (C=O) groups is 4. The number of nitrogens with one attached hydrogen (secondary N) is 1. The van der Waals surface area contributed by atoms with Crippen molar-refractivity contribution in [1.82, 2.24) is 9.59 Å². The molecular formula is C29H21N3O5S. The number of hydrogen-bond donors (Lipinski definition) is 2. The average molecular weight is 524 g/mol. The van der Waals surface area contributed by atoms with E-state index in [9.17, 15) is 24.3 Å². The number of anilines is 1. The molecule has 6 rings (SSSR count). The van der Waals surface area contributed by atoms with E-state index >= 15 is 0 Å². The standard InChI is InChI=1S/C29H21N3O5S/c33-25-19-8-4-5-9-20(19)26(34)29(25)14-21(16-6-2-1-3-7-16)23(24(29)28(36)37)27(35)30-18-12-10-17(11-13-18)22-15-38-32-31-22/h1-13,15,21,23-24H,14H2,(H,30,35)(H,36,37)/t21-,23+,24-/m0/s1. The third kappa shape index (κ3) is 3.58. The number of aliphatic carboxylic acids is 1. The molecule has 1 fully saturated rings. The SMILES string of the molecule is O=C(Nc1ccc(-c2csnn2)cc1)[C@H]1[C@@H](C(=O)O)C2(C[C@H]1c1ccccc1)C(=O)c1ccccc1C2=O. The number of aromatic nitrogens is 2. The summed E-state index contributed by atoms with van der Waals surface area (Å²) in [5, 5.41) is 19.1. The number of benzene rings is 3. The molecule has 1 heterocycles. The smallest absolute Gasteiger partial charge is 0.308 e. The summed E-state index contributed by atoms with van der Waals surface area (Å²) < 4.78 is 3.86. The highest BCUT2D eigenvalue weighted by Gasteiger charge is 2.69. The van der Waals surface area contributed by atoms with Crippen LogP contribution < -0.4 is 5.32 Å². The van der Waals surface area contributed by atoms with Crippen LogP contribution in [-0.2, 0) is 9.59 Å². The molecule has 1 spiro atoms. The second-order valence-corrected chi connectivity index (χ2v) is 10.2. The number of fused-ring (bicyclic) bond motifs is 1. The van der Waals surface area contributed by atoms with Crippen LogP contribution in [0.25, 0.3) is 11.3 Å². The van der Waals surface area contributed by atoms with Crippen molar-refractivity contribution < 1.29 is 24.3 Å². The predicted molar refractivity (Wildman–Crippen MR) is 140 cm³/mol. The van der Waals surface area contributed by atoms with E-state index in [-0.39, 0.29) is 17.5 Å². The molecule has 0 bridgehead atoms. The van der Waals surface area contributed by atoms with Gasteiger partial charge in [-0.2, -0.15) is 0 Å². The summed E-state index contributed by atoms with van der Waals surface area (Å²) >= 11 is 1.23. The molecule has 1 aromatic heterocycles. The molecule has 3 atom stereocenters. The maximum absolute atomic E-state index is 13.8. The van der Waals surface area contributed by atoms with Crippen molar-refractivity contribution in [3.05, 3.63) is 101 Å². The van der Waals surface area contributed by atoms with Crippen LogP contribution in [0.5, 0.6) is 0 Å². The molecule has 2 aliphatic rings. The van der Waals surface area contributed by atoms with Crippen LogP contribution in [-0.4, -0.2) is 38.1 Å². The van der Waals surface area contributed by atoms with Gasteiger partial charge in [0.25, 0.3) is 0 Å². The Labute approximate surface area is 221 Å². The number of amides is 1. The van der Waals surface area contributed by atoms with Crippen molar-refractivity contribution in [3.63, 3.8) is 0 Å². The van der Waals surface area contributed by atoms with E-state index < -0.39 is 46.6 Å². The van der Waals surface area contributed by atoms with Crippen LogP contribution in [0, 0.1) is 17.3 Å². The summed E-state index contributed by atoms with van der Waals surface area (Å²) in [7, 11) is 0. The van der Waals surface area contributed by atoms with E-state index in [0.29, 0.717) is 16.9 Å². The van der Waals surface area contributed by atoms with E-state index in [1.54, 1.807) is 78.2 Å². The van der Waals surface area contributed by atoms with Gasteiger partial charge in [-0.1, -0.05) is 71.2 Å². The Bertz CT molecular complexity index is 1530. The zero-order valence-corrected chi connectivity index (χ0v) is 20.7. The maximum Gasteiger partial charge on any atom is 0.308 e. The quantitative estimate of drug-likeness (QED) is 0.363. The van der Waals surface area contributed by atoms with Crippen LogP contribution in [0.3, 0.4) is 0 Å². The Kier molecular flexibility index (Phi) is 5.72. The number of hydrogen-bond acceptors (Lipinski definition) is 7. The zero-order chi connectivity index (χ0) is 26.4. The normalized spacial score (nSPS) is 21.4. The summed E-state index contributed by atoms with van der Waals surface area (Å²) in [5.41, 5.74) is 1.28. The number of ketones is 2. The molecule has 4 aromatic rings. The van der Waals surface area contributed by atoms with Gasteiger partial charge >= 0.3 is 5.97 Å². The molecular weight excluding hydrogens is 502 g/mol. The molecule has 0 radical (unpaired) electrons. The number of Topliss-reactive ketones (excluding diaryl/α,β-unsaturated/α-hetero) is 2. The van der Waals surface area contributed by atoms with Gasteiger partial charge in [-0.05, 0) is 41.6 Å². The lowest BCUT2D eigenvalue weighted by Crippen LogP contribution is -2.45. The fourth-order valence-corrected chi connectivity index (χ4v) is 6.50. The number of carboxylic acid groups (broad SMARTS) is 1. The topological polar surface area (TPSA) is 126 Å². The lowest BCUT2D eigenvalue weighted by Gasteiger charge is -2.27. The second kappa shape index (κ2) is 9.11. The first-order chi connectivity index (χ1) is 18.4. The molecule has 2 aliphatic carbocycles. The van der Waals surface area contributed by atoms with Crippen LogP contribution in [0.4, 0.5) is 5.69 Å². The number of nitrogens with zero attached hydrogens (tertiary/aromatic N) is 2. The number of carboxylic acids is 1. The Morgan fingerprint density at radius 3 is 2.11 bits per heavy atom. The first kappa shape index (κ1) is 23.9.